The Labute approximate surface area is 214 Å². The van der Waals surface area contributed by atoms with Crippen LogP contribution in [-0.2, 0) is 11.8 Å². The number of rotatable bonds is 3. The summed E-state index contributed by atoms with van der Waals surface area (Å²) in [7, 11) is 0. The van der Waals surface area contributed by atoms with Gasteiger partial charge in [0.05, 0.1) is 0 Å². The van der Waals surface area contributed by atoms with Crippen LogP contribution in [0.1, 0.15) is 49.7 Å². The summed E-state index contributed by atoms with van der Waals surface area (Å²) in [6.45, 7) is 3.79. The van der Waals surface area contributed by atoms with Crippen molar-refractivity contribution in [2.24, 2.45) is 23.2 Å². The maximum atomic E-state index is 10.7. The minimum Gasteiger partial charge on any atom is -0.508 e. The first-order valence-electron chi connectivity index (χ1n) is 14.5. The molecule has 2 heterocycles. The Kier molecular flexibility index (Phi) is 3.91. The van der Waals surface area contributed by atoms with Crippen LogP contribution in [0.4, 0.5) is 5.69 Å². The number of anilines is 1. The molecule has 3 aromatic rings. The van der Waals surface area contributed by atoms with Gasteiger partial charge in [0.15, 0.2) is 0 Å². The van der Waals surface area contributed by atoms with Gasteiger partial charge in [-0.05, 0) is 121 Å². The largest absolute Gasteiger partial charge is 0.508 e. The van der Waals surface area contributed by atoms with E-state index in [1.807, 2.05) is 6.07 Å². The Morgan fingerprint density at radius 2 is 1.81 bits per heavy atom. The summed E-state index contributed by atoms with van der Waals surface area (Å²) in [6.07, 6.45) is 9.45. The van der Waals surface area contributed by atoms with E-state index in [2.05, 4.69) is 64.4 Å². The van der Waals surface area contributed by atoms with E-state index in [-0.39, 0.29) is 5.41 Å². The van der Waals surface area contributed by atoms with Crippen molar-refractivity contribution in [2.75, 3.05) is 24.5 Å². The van der Waals surface area contributed by atoms with E-state index in [1.165, 1.54) is 81.0 Å². The monoisotopic (exact) mass is 476 g/mol. The maximum absolute atomic E-state index is 10.7. The van der Waals surface area contributed by atoms with Gasteiger partial charge in [-0.1, -0.05) is 36.4 Å². The van der Waals surface area contributed by atoms with Crippen molar-refractivity contribution in [3.63, 3.8) is 0 Å². The number of fused-ring (bicyclic) bond motifs is 2. The zero-order valence-electron chi connectivity index (χ0n) is 21.1. The van der Waals surface area contributed by atoms with E-state index in [4.69, 9.17) is 0 Å². The van der Waals surface area contributed by atoms with Crippen LogP contribution in [0.5, 0.6) is 5.75 Å². The van der Waals surface area contributed by atoms with Crippen molar-refractivity contribution in [2.45, 2.75) is 62.4 Å². The number of aromatic hydroxyl groups is 1. The van der Waals surface area contributed by atoms with Crippen LogP contribution in [0.3, 0.4) is 0 Å². The lowest BCUT2D eigenvalue weighted by Crippen LogP contribution is -2.69. The molecule has 0 aromatic heterocycles. The molecule has 2 aliphatic heterocycles. The van der Waals surface area contributed by atoms with E-state index in [0.717, 1.165) is 11.8 Å². The van der Waals surface area contributed by atoms with Crippen molar-refractivity contribution >= 4 is 16.5 Å². The van der Waals surface area contributed by atoms with E-state index < -0.39 is 0 Å². The number of benzene rings is 3. The first kappa shape index (κ1) is 20.5. The van der Waals surface area contributed by atoms with Gasteiger partial charge in [-0.3, -0.25) is 4.90 Å². The molecule has 4 bridgehead atoms. The lowest BCUT2D eigenvalue weighted by Gasteiger charge is -2.66. The summed E-state index contributed by atoms with van der Waals surface area (Å²) >= 11 is 0. The number of nitrogens with zero attached hydrogens (tertiary/aromatic N) is 2. The molecule has 2 saturated heterocycles. The van der Waals surface area contributed by atoms with Crippen molar-refractivity contribution in [3.8, 4) is 5.75 Å². The molecule has 3 saturated carbocycles. The molecule has 9 rings (SSSR count). The number of likely N-dealkylation sites (tertiary alicyclic amines) is 1. The van der Waals surface area contributed by atoms with E-state index >= 15 is 0 Å². The molecule has 36 heavy (non-hydrogen) atoms. The lowest BCUT2D eigenvalue weighted by atomic mass is 9.43. The van der Waals surface area contributed by atoms with Gasteiger partial charge in [-0.25, -0.2) is 0 Å². The van der Waals surface area contributed by atoms with Gasteiger partial charge >= 0.3 is 0 Å². The van der Waals surface area contributed by atoms with Crippen LogP contribution in [0.25, 0.3) is 10.8 Å². The minimum atomic E-state index is 0.239. The van der Waals surface area contributed by atoms with Crippen LogP contribution < -0.4 is 4.90 Å². The van der Waals surface area contributed by atoms with Gasteiger partial charge in [0.2, 0.25) is 0 Å². The van der Waals surface area contributed by atoms with Gasteiger partial charge < -0.3 is 10.0 Å². The Bertz CT molecular complexity index is 1400. The maximum Gasteiger partial charge on any atom is 0.115 e. The number of hydrogen-bond donors (Lipinski definition) is 1. The number of piperidine rings is 1. The standard InChI is InChI=1S/C33H36N2O/c36-27-10-8-24-16-30-32-12-11-29-31(33(32,28(24)17-27)13-14-34(30)19-21-5-6-21)25(18-32)20-35(29)26-9-7-22-3-1-2-4-23(22)15-26/h1-4,7-10,15,17,21,25,29-31,36H,5-6,11-14,16,18-20H2/t25-,29?,30?,31?,32?,33?/m1/s1. The molecule has 5 fully saturated rings. The van der Waals surface area contributed by atoms with Gasteiger partial charge in [0.1, 0.15) is 5.75 Å². The van der Waals surface area contributed by atoms with E-state index in [9.17, 15) is 5.11 Å². The van der Waals surface area contributed by atoms with Gasteiger partial charge in [0.25, 0.3) is 0 Å². The molecule has 6 aliphatic rings. The summed E-state index contributed by atoms with van der Waals surface area (Å²) < 4.78 is 0. The summed E-state index contributed by atoms with van der Waals surface area (Å²) in [4.78, 5) is 5.76. The zero-order valence-corrected chi connectivity index (χ0v) is 21.1. The molecule has 3 aromatic carbocycles. The SMILES string of the molecule is Oc1ccc2c(c1)C13CCN(CC4CC4)C(C2)C12CCC1C3[C@@H](CN1c1ccc3ccccc3c1)C2. The van der Waals surface area contributed by atoms with Crippen LogP contribution in [0.15, 0.2) is 60.7 Å². The summed E-state index contributed by atoms with van der Waals surface area (Å²) in [5, 5.41) is 13.4. The second kappa shape index (κ2) is 6.86. The molecular formula is C33H36N2O. The molecule has 0 spiro atoms. The third-order valence-electron chi connectivity index (χ3n) is 11.8. The molecule has 4 aliphatic carbocycles. The Morgan fingerprint density at radius 1 is 0.917 bits per heavy atom. The number of hydrogen-bond acceptors (Lipinski definition) is 3. The molecule has 1 N–H and O–H groups in total. The fourth-order valence-electron chi connectivity index (χ4n) is 10.6. The summed E-state index contributed by atoms with van der Waals surface area (Å²) in [5.41, 5.74) is 5.15. The summed E-state index contributed by atoms with van der Waals surface area (Å²) in [5.74, 6) is 2.90. The minimum absolute atomic E-state index is 0.239. The highest BCUT2D eigenvalue weighted by atomic mass is 16.3. The van der Waals surface area contributed by atoms with Crippen LogP contribution in [0.2, 0.25) is 0 Å². The number of phenols is 1. The fourth-order valence-corrected chi connectivity index (χ4v) is 10.6. The predicted molar refractivity (Wildman–Crippen MR) is 145 cm³/mol. The quantitative estimate of drug-likeness (QED) is 0.493. The highest BCUT2D eigenvalue weighted by Gasteiger charge is 2.76. The second-order valence-electron chi connectivity index (χ2n) is 13.2. The summed E-state index contributed by atoms with van der Waals surface area (Å²) in [6, 6.07) is 23.7. The molecular weight excluding hydrogens is 440 g/mol. The van der Waals surface area contributed by atoms with Crippen molar-refractivity contribution in [3.05, 3.63) is 71.8 Å². The average molecular weight is 477 g/mol. The van der Waals surface area contributed by atoms with Gasteiger partial charge in [-0.15, -0.1) is 0 Å². The Morgan fingerprint density at radius 3 is 2.69 bits per heavy atom. The first-order valence-corrected chi connectivity index (χ1v) is 14.5. The molecule has 3 nitrogen and oxygen atoms in total. The van der Waals surface area contributed by atoms with Gasteiger partial charge in [-0.2, -0.15) is 0 Å². The molecule has 6 atom stereocenters. The Hall–Kier alpha value is -2.52. The van der Waals surface area contributed by atoms with Gasteiger partial charge in [0, 0.05) is 36.3 Å². The van der Waals surface area contributed by atoms with E-state index in [0.29, 0.717) is 29.2 Å². The van der Waals surface area contributed by atoms with Crippen LogP contribution in [0, 0.1) is 23.2 Å². The third-order valence-corrected chi connectivity index (χ3v) is 11.8. The molecule has 0 radical (unpaired) electrons. The normalized spacial score (nSPS) is 38.3. The van der Waals surface area contributed by atoms with Crippen LogP contribution >= 0.6 is 0 Å². The zero-order chi connectivity index (χ0) is 23.6. The molecule has 3 heteroatoms. The molecule has 184 valence electrons. The predicted octanol–water partition coefficient (Wildman–Crippen LogP) is 6.13. The van der Waals surface area contributed by atoms with E-state index in [1.54, 1.807) is 11.1 Å². The second-order valence-corrected chi connectivity index (χ2v) is 13.2. The molecule has 5 unspecified atom stereocenters. The van der Waals surface area contributed by atoms with Crippen molar-refractivity contribution in [1.29, 1.82) is 0 Å². The first-order chi connectivity index (χ1) is 17.7. The van der Waals surface area contributed by atoms with Crippen molar-refractivity contribution < 1.29 is 5.11 Å². The van der Waals surface area contributed by atoms with Crippen LogP contribution in [-0.4, -0.2) is 41.7 Å². The lowest BCUT2D eigenvalue weighted by molar-refractivity contribution is -0.0920. The average Bonchev–Trinajstić information content (AvgIpc) is 3.59. The topological polar surface area (TPSA) is 26.7 Å². The third kappa shape index (κ3) is 2.44. The highest BCUT2D eigenvalue weighted by molar-refractivity contribution is 5.86. The Balaban J connectivity index is 1.18. The molecule has 0 amide bonds. The number of phenolic OH excluding ortho intramolecular Hbond substituents is 1. The fraction of sp³-hybridized carbons (Fsp3) is 0.515. The highest BCUT2D eigenvalue weighted by Crippen LogP contribution is 2.75. The van der Waals surface area contributed by atoms with Crippen molar-refractivity contribution in [1.82, 2.24) is 4.90 Å². The smallest absolute Gasteiger partial charge is 0.115 e.